The molecule has 0 saturated carbocycles. The molecule has 2 aromatic rings. The smallest absolute Gasteiger partial charge is 0.364 e. The molecule has 6 heteroatoms. The summed E-state index contributed by atoms with van der Waals surface area (Å²) in [5.74, 6) is 0.402. The normalized spacial score (nSPS) is 12.3. The minimum atomic E-state index is -4.31. The summed E-state index contributed by atoms with van der Waals surface area (Å²) in [6.07, 6.45) is -4.31. The van der Waals surface area contributed by atoms with Crippen molar-refractivity contribution in [3.05, 3.63) is 29.1 Å². The molecule has 0 bridgehead atoms. The summed E-state index contributed by atoms with van der Waals surface area (Å²) in [7, 11) is 0. The van der Waals surface area contributed by atoms with Crippen molar-refractivity contribution in [2.45, 2.75) is 26.6 Å². The second-order valence-corrected chi connectivity index (χ2v) is 4.25. The Morgan fingerprint density at radius 3 is 2.56 bits per heavy atom. The number of rotatable bonds is 3. The lowest BCUT2D eigenvalue weighted by atomic mass is 10.1. The second-order valence-electron chi connectivity index (χ2n) is 4.25. The van der Waals surface area contributed by atoms with Crippen molar-refractivity contribution >= 4 is 11.0 Å². The van der Waals surface area contributed by atoms with Crippen LogP contribution in [0.1, 0.15) is 17.0 Å². The highest BCUT2D eigenvalue weighted by atomic mass is 19.4. The van der Waals surface area contributed by atoms with Gasteiger partial charge in [0.15, 0.2) is 0 Å². The number of aryl methyl sites for hydroxylation is 2. The molecule has 0 unspecified atom stereocenters. The van der Waals surface area contributed by atoms with Gasteiger partial charge in [-0.15, -0.1) is 0 Å². The summed E-state index contributed by atoms with van der Waals surface area (Å²) in [5.41, 5.74) is 3.75. The maximum absolute atomic E-state index is 11.9. The maximum Gasteiger partial charge on any atom is 0.411 e. The van der Waals surface area contributed by atoms with Gasteiger partial charge in [-0.3, -0.25) is 0 Å². The first-order valence-electron chi connectivity index (χ1n) is 5.45. The number of aromatic amines is 1. The highest BCUT2D eigenvalue weighted by Gasteiger charge is 2.27. The first-order chi connectivity index (χ1) is 8.35. The molecular formula is C12H13F3N2O. The quantitative estimate of drug-likeness (QED) is 0.917. The SMILES string of the molecule is Cc1cc2nc(COCC(F)(F)F)[nH]c2cc1C. The number of hydrogen-bond acceptors (Lipinski definition) is 2. The summed E-state index contributed by atoms with van der Waals surface area (Å²) >= 11 is 0. The molecule has 98 valence electrons. The van der Waals surface area contributed by atoms with Crippen LogP contribution in [-0.4, -0.2) is 22.8 Å². The highest BCUT2D eigenvalue weighted by molar-refractivity contribution is 5.77. The standard InChI is InChI=1S/C12H13F3N2O/c1-7-3-9-10(4-8(7)2)17-11(16-9)5-18-6-12(13,14)15/h3-4H,5-6H2,1-2H3,(H,16,17). The zero-order valence-electron chi connectivity index (χ0n) is 10.1. The zero-order valence-corrected chi connectivity index (χ0v) is 10.1. The van der Waals surface area contributed by atoms with E-state index in [4.69, 9.17) is 0 Å². The average Bonchev–Trinajstić information content (AvgIpc) is 2.58. The Morgan fingerprint density at radius 1 is 1.22 bits per heavy atom. The molecule has 0 aliphatic carbocycles. The van der Waals surface area contributed by atoms with E-state index in [2.05, 4.69) is 14.7 Å². The van der Waals surface area contributed by atoms with Crippen LogP contribution in [0.2, 0.25) is 0 Å². The van der Waals surface area contributed by atoms with Gasteiger partial charge in [0.2, 0.25) is 0 Å². The highest BCUT2D eigenvalue weighted by Crippen LogP contribution is 2.19. The Labute approximate surface area is 102 Å². The third-order valence-corrected chi connectivity index (χ3v) is 2.65. The van der Waals surface area contributed by atoms with E-state index < -0.39 is 12.8 Å². The first-order valence-corrected chi connectivity index (χ1v) is 5.45. The van der Waals surface area contributed by atoms with Crippen LogP contribution in [0, 0.1) is 13.8 Å². The van der Waals surface area contributed by atoms with Crippen LogP contribution >= 0.6 is 0 Å². The van der Waals surface area contributed by atoms with Crippen molar-refractivity contribution in [2.24, 2.45) is 0 Å². The lowest BCUT2D eigenvalue weighted by Crippen LogP contribution is -2.16. The van der Waals surface area contributed by atoms with Gasteiger partial charge in [0.25, 0.3) is 0 Å². The lowest BCUT2D eigenvalue weighted by Gasteiger charge is -2.05. The number of aromatic nitrogens is 2. The van der Waals surface area contributed by atoms with E-state index in [-0.39, 0.29) is 6.61 Å². The van der Waals surface area contributed by atoms with Crippen LogP contribution in [0.3, 0.4) is 0 Å². The molecule has 1 aromatic carbocycles. The van der Waals surface area contributed by atoms with Crippen molar-refractivity contribution in [1.29, 1.82) is 0 Å². The molecule has 2 rings (SSSR count). The number of imidazole rings is 1. The predicted molar refractivity (Wildman–Crippen MR) is 61.3 cm³/mol. The van der Waals surface area contributed by atoms with E-state index in [0.29, 0.717) is 5.82 Å². The first kappa shape index (κ1) is 12.9. The number of benzene rings is 1. The van der Waals surface area contributed by atoms with E-state index in [1.54, 1.807) is 0 Å². The minimum absolute atomic E-state index is 0.174. The summed E-state index contributed by atoms with van der Waals surface area (Å²) in [6, 6.07) is 3.82. The van der Waals surface area contributed by atoms with Gasteiger partial charge in [-0.05, 0) is 37.1 Å². The maximum atomic E-state index is 11.9. The number of alkyl halides is 3. The second kappa shape index (κ2) is 4.61. The molecule has 1 heterocycles. The van der Waals surface area contributed by atoms with Crippen LogP contribution < -0.4 is 0 Å². The molecule has 0 aliphatic heterocycles. The van der Waals surface area contributed by atoms with E-state index in [1.807, 2.05) is 26.0 Å². The predicted octanol–water partition coefficient (Wildman–Crippen LogP) is 3.26. The Morgan fingerprint density at radius 2 is 1.89 bits per heavy atom. The summed E-state index contributed by atoms with van der Waals surface area (Å²) in [4.78, 5) is 7.13. The average molecular weight is 258 g/mol. The largest absolute Gasteiger partial charge is 0.411 e. The third-order valence-electron chi connectivity index (χ3n) is 2.65. The molecule has 0 aliphatic rings. The van der Waals surface area contributed by atoms with E-state index in [0.717, 1.165) is 22.2 Å². The van der Waals surface area contributed by atoms with Gasteiger partial charge < -0.3 is 9.72 Å². The van der Waals surface area contributed by atoms with Crippen LogP contribution in [0.15, 0.2) is 12.1 Å². The van der Waals surface area contributed by atoms with Crippen molar-refractivity contribution in [2.75, 3.05) is 6.61 Å². The minimum Gasteiger partial charge on any atom is -0.364 e. The molecular weight excluding hydrogens is 245 g/mol. The third kappa shape index (κ3) is 3.01. The van der Waals surface area contributed by atoms with Gasteiger partial charge >= 0.3 is 6.18 Å². The molecule has 0 spiro atoms. The van der Waals surface area contributed by atoms with Crippen molar-refractivity contribution in [3.63, 3.8) is 0 Å². The van der Waals surface area contributed by atoms with Crippen LogP contribution in [0.4, 0.5) is 13.2 Å². The van der Waals surface area contributed by atoms with Crippen molar-refractivity contribution in [1.82, 2.24) is 9.97 Å². The molecule has 1 N–H and O–H groups in total. The van der Waals surface area contributed by atoms with Crippen LogP contribution in [0.5, 0.6) is 0 Å². The Kier molecular flexibility index (Phi) is 3.30. The fourth-order valence-corrected chi connectivity index (χ4v) is 1.65. The molecule has 18 heavy (non-hydrogen) atoms. The fourth-order valence-electron chi connectivity index (χ4n) is 1.65. The van der Waals surface area contributed by atoms with Gasteiger partial charge in [-0.25, -0.2) is 4.98 Å². The topological polar surface area (TPSA) is 37.9 Å². The summed E-state index contributed by atoms with van der Waals surface area (Å²) in [6.45, 7) is 2.49. The Bertz CT molecular complexity index is 521. The van der Waals surface area contributed by atoms with Crippen molar-refractivity contribution in [3.8, 4) is 0 Å². The van der Waals surface area contributed by atoms with Crippen LogP contribution in [-0.2, 0) is 11.3 Å². The molecule has 0 fully saturated rings. The number of H-pyrrole nitrogens is 1. The Hall–Kier alpha value is -1.56. The Balaban J connectivity index is 2.11. The molecule has 0 radical (unpaired) electrons. The molecule has 0 amide bonds. The molecule has 3 nitrogen and oxygen atoms in total. The van der Waals surface area contributed by atoms with Crippen molar-refractivity contribution < 1.29 is 17.9 Å². The number of nitrogens with one attached hydrogen (secondary N) is 1. The van der Waals surface area contributed by atoms with E-state index in [9.17, 15) is 13.2 Å². The fraction of sp³-hybridized carbons (Fsp3) is 0.417. The molecule has 0 atom stereocenters. The number of fused-ring (bicyclic) bond motifs is 1. The number of ether oxygens (including phenoxy) is 1. The summed E-state index contributed by atoms with van der Waals surface area (Å²) < 4.78 is 40.3. The number of nitrogens with zero attached hydrogens (tertiary/aromatic N) is 1. The van der Waals surface area contributed by atoms with Gasteiger partial charge in [-0.1, -0.05) is 0 Å². The molecule has 0 saturated heterocycles. The van der Waals surface area contributed by atoms with E-state index >= 15 is 0 Å². The van der Waals surface area contributed by atoms with Gasteiger partial charge in [0, 0.05) is 0 Å². The monoisotopic (exact) mass is 258 g/mol. The van der Waals surface area contributed by atoms with E-state index in [1.165, 1.54) is 0 Å². The number of hydrogen-bond donors (Lipinski definition) is 1. The molecule has 1 aromatic heterocycles. The summed E-state index contributed by atoms with van der Waals surface area (Å²) in [5, 5.41) is 0. The van der Waals surface area contributed by atoms with Gasteiger partial charge in [0.1, 0.15) is 19.0 Å². The van der Waals surface area contributed by atoms with Gasteiger partial charge in [0.05, 0.1) is 11.0 Å². The van der Waals surface area contributed by atoms with Gasteiger partial charge in [-0.2, -0.15) is 13.2 Å². The zero-order chi connectivity index (χ0) is 13.3. The lowest BCUT2D eigenvalue weighted by molar-refractivity contribution is -0.177. The van der Waals surface area contributed by atoms with Crippen LogP contribution in [0.25, 0.3) is 11.0 Å². The number of halogens is 3.